The van der Waals surface area contributed by atoms with Crippen molar-refractivity contribution in [3.63, 3.8) is 0 Å². The summed E-state index contributed by atoms with van der Waals surface area (Å²) in [5, 5.41) is 8.21. The number of benzene rings is 3. The number of amides is 1. The van der Waals surface area contributed by atoms with E-state index in [1.54, 1.807) is 0 Å². The molecule has 3 aromatic carbocycles. The van der Waals surface area contributed by atoms with Gasteiger partial charge in [0.1, 0.15) is 11.9 Å². The third-order valence-electron chi connectivity index (χ3n) is 7.59. The minimum Gasteiger partial charge on any atom is -0.493 e. The number of oxime groups is 1. The van der Waals surface area contributed by atoms with Crippen LogP contribution in [0.2, 0.25) is 0 Å². The van der Waals surface area contributed by atoms with E-state index in [0.717, 1.165) is 58.6 Å². The lowest BCUT2D eigenvalue weighted by Crippen LogP contribution is -2.32. The van der Waals surface area contributed by atoms with E-state index in [1.807, 2.05) is 42.5 Å². The maximum Gasteiger partial charge on any atom is 0.252 e. The summed E-state index contributed by atoms with van der Waals surface area (Å²) >= 11 is 0. The van der Waals surface area contributed by atoms with Crippen molar-refractivity contribution in [2.24, 2.45) is 5.16 Å². The van der Waals surface area contributed by atoms with Crippen molar-refractivity contribution >= 4 is 22.5 Å². The summed E-state index contributed by atoms with van der Waals surface area (Å²) in [4.78, 5) is 23.9. The molecular formula is C32H31N3O3. The first-order valence-corrected chi connectivity index (χ1v) is 13.4. The third kappa shape index (κ3) is 4.74. The van der Waals surface area contributed by atoms with Gasteiger partial charge in [0.15, 0.2) is 0 Å². The van der Waals surface area contributed by atoms with Crippen LogP contribution < -0.4 is 10.1 Å². The summed E-state index contributed by atoms with van der Waals surface area (Å²) < 4.78 is 5.61. The number of nitrogens with zero attached hydrogens (tertiary/aromatic N) is 2. The summed E-state index contributed by atoms with van der Waals surface area (Å²) in [7, 11) is 0. The van der Waals surface area contributed by atoms with Crippen LogP contribution in [0, 0.1) is 0 Å². The quantitative estimate of drug-likeness (QED) is 0.321. The van der Waals surface area contributed by atoms with E-state index in [4.69, 9.17) is 14.6 Å². The molecule has 1 amide bonds. The number of nitrogens with one attached hydrogen (secondary N) is 1. The van der Waals surface area contributed by atoms with E-state index in [0.29, 0.717) is 24.4 Å². The summed E-state index contributed by atoms with van der Waals surface area (Å²) in [5.41, 5.74) is 7.64. The van der Waals surface area contributed by atoms with Crippen LogP contribution in [0.5, 0.6) is 5.75 Å². The molecule has 6 nitrogen and oxygen atoms in total. The van der Waals surface area contributed by atoms with Crippen LogP contribution in [-0.2, 0) is 11.3 Å². The second kappa shape index (κ2) is 10.3. The summed E-state index contributed by atoms with van der Waals surface area (Å²) in [6.45, 7) is 5.52. The Hall–Kier alpha value is -4.19. The Morgan fingerprint density at radius 1 is 1.05 bits per heavy atom. The fourth-order valence-corrected chi connectivity index (χ4v) is 5.11. The van der Waals surface area contributed by atoms with Gasteiger partial charge in [-0.1, -0.05) is 61.5 Å². The van der Waals surface area contributed by atoms with Crippen molar-refractivity contribution in [2.45, 2.75) is 45.1 Å². The fraction of sp³-hybridized carbons (Fsp3) is 0.281. The van der Waals surface area contributed by atoms with Crippen molar-refractivity contribution in [1.29, 1.82) is 0 Å². The van der Waals surface area contributed by atoms with Gasteiger partial charge < -0.3 is 14.9 Å². The Bertz CT molecular complexity index is 1530. The van der Waals surface area contributed by atoms with Gasteiger partial charge in [0.2, 0.25) is 0 Å². The first-order valence-electron chi connectivity index (χ1n) is 13.4. The lowest BCUT2D eigenvalue weighted by Gasteiger charge is -2.13. The second-order valence-electron chi connectivity index (χ2n) is 10.1. The molecule has 6 rings (SSSR count). The molecule has 6 heteroatoms. The van der Waals surface area contributed by atoms with Crippen molar-refractivity contribution in [3.05, 3.63) is 95.1 Å². The number of carbonyl (C=O) groups is 1. The summed E-state index contributed by atoms with van der Waals surface area (Å²) in [5.74, 6) is 1.31. The van der Waals surface area contributed by atoms with Crippen molar-refractivity contribution in [3.8, 4) is 17.0 Å². The molecule has 2 unspecified atom stereocenters. The molecule has 192 valence electrons. The molecule has 0 spiro atoms. The van der Waals surface area contributed by atoms with E-state index in [2.05, 4.69) is 54.7 Å². The monoisotopic (exact) mass is 505 g/mol. The van der Waals surface area contributed by atoms with Crippen molar-refractivity contribution in [1.82, 2.24) is 10.3 Å². The predicted octanol–water partition coefficient (Wildman–Crippen LogP) is 6.27. The number of carbonyl (C=O) groups excluding carboxylic acids is 1. The Balaban J connectivity index is 1.17. The molecule has 3 heterocycles. The van der Waals surface area contributed by atoms with Crippen LogP contribution in [0.25, 0.3) is 22.2 Å². The maximum atomic E-state index is 13.4. The van der Waals surface area contributed by atoms with Crippen LogP contribution in [-0.4, -0.2) is 35.9 Å². The zero-order chi connectivity index (χ0) is 26.1. The molecule has 0 fully saturated rings. The molecule has 1 aromatic heterocycles. The largest absolute Gasteiger partial charge is 0.493 e. The van der Waals surface area contributed by atoms with Crippen molar-refractivity contribution < 1.29 is 14.4 Å². The number of aromatic nitrogens is 1. The number of fused-ring (bicyclic) bond motifs is 2. The second-order valence-corrected chi connectivity index (χ2v) is 10.1. The van der Waals surface area contributed by atoms with Crippen LogP contribution in [0.15, 0.2) is 78.0 Å². The molecule has 1 N–H and O–H groups in total. The molecule has 38 heavy (non-hydrogen) atoms. The lowest BCUT2D eigenvalue weighted by molar-refractivity contribution is 0.0754. The highest BCUT2D eigenvalue weighted by atomic mass is 16.6. The molecule has 2 aliphatic heterocycles. The Morgan fingerprint density at radius 2 is 1.87 bits per heavy atom. The van der Waals surface area contributed by atoms with Crippen LogP contribution in [0.4, 0.5) is 0 Å². The Morgan fingerprint density at radius 3 is 2.71 bits per heavy atom. The molecule has 0 radical (unpaired) electrons. The summed E-state index contributed by atoms with van der Waals surface area (Å²) in [6.07, 6.45) is 2.45. The Labute approximate surface area is 222 Å². The predicted molar refractivity (Wildman–Crippen MR) is 150 cm³/mol. The lowest BCUT2D eigenvalue weighted by atomic mass is 9.96. The van der Waals surface area contributed by atoms with Gasteiger partial charge >= 0.3 is 0 Å². The Kier molecular flexibility index (Phi) is 6.54. The molecule has 4 aromatic rings. The van der Waals surface area contributed by atoms with Gasteiger partial charge in [-0.2, -0.15) is 0 Å². The average molecular weight is 506 g/mol. The number of para-hydroxylation sites is 1. The molecule has 0 saturated heterocycles. The number of hydrogen-bond acceptors (Lipinski definition) is 5. The topological polar surface area (TPSA) is 72.8 Å². The van der Waals surface area contributed by atoms with Crippen LogP contribution in [0.3, 0.4) is 0 Å². The van der Waals surface area contributed by atoms with E-state index in [1.165, 1.54) is 11.1 Å². The van der Waals surface area contributed by atoms with Gasteiger partial charge in [0.05, 0.1) is 35.6 Å². The highest BCUT2D eigenvalue weighted by molar-refractivity contribution is 6.07. The number of ether oxygens (including phenoxy) is 1. The number of pyridine rings is 1. The standard InChI is InChI=1S/C32H31N3O3/c1-3-20(2)21-8-10-22(11-9-21)29-18-27(26-6-4-5-7-28(26)34-29)32(36)33-19-25-17-30(35-38-25)23-12-13-31-24(16-23)14-15-37-31/h4-13,16,18,20,25H,3,14-15,17,19H2,1-2H3,(H,33,36). The summed E-state index contributed by atoms with van der Waals surface area (Å²) in [6, 6.07) is 24.3. The van der Waals surface area contributed by atoms with E-state index in [-0.39, 0.29) is 12.0 Å². The SMILES string of the molecule is CCC(C)c1ccc(-c2cc(C(=O)NCC3CC(c4ccc5c(c4)CCO5)=NO3)c3ccccc3n2)cc1. The highest BCUT2D eigenvalue weighted by Crippen LogP contribution is 2.29. The van der Waals surface area contributed by atoms with E-state index >= 15 is 0 Å². The molecule has 2 atom stereocenters. The molecule has 0 saturated carbocycles. The first-order chi connectivity index (χ1) is 18.6. The highest BCUT2D eigenvalue weighted by Gasteiger charge is 2.25. The minimum atomic E-state index is -0.209. The normalized spacial score (nSPS) is 16.9. The zero-order valence-corrected chi connectivity index (χ0v) is 21.7. The van der Waals surface area contributed by atoms with Gasteiger partial charge in [0, 0.05) is 23.8 Å². The van der Waals surface area contributed by atoms with Gasteiger partial charge in [0.25, 0.3) is 5.91 Å². The van der Waals surface area contributed by atoms with Gasteiger partial charge in [-0.15, -0.1) is 0 Å². The molecule has 2 aliphatic rings. The zero-order valence-electron chi connectivity index (χ0n) is 21.7. The minimum absolute atomic E-state index is 0.146. The van der Waals surface area contributed by atoms with E-state index < -0.39 is 0 Å². The van der Waals surface area contributed by atoms with Crippen LogP contribution >= 0.6 is 0 Å². The number of hydrogen-bond donors (Lipinski definition) is 1. The molecule has 0 bridgehead atoms. The van der Waals surface area contributed by atoms with Gasteiger partial charge in [-0.05, 0) is 59.4 Å². The van der Waals surface area contributed by atoms with E-state index in [9.17, 15) is 4.79 Å². The molecule has 0 aliphatic carbocycles. The van der Waals surface area contributed by atoms with Crippen molar-refractivity contribution in [2.75, 3.05) is 13.2 Å². The smallest absolute Gasteiger partial charge is 0.252 e. The average Bonchev–Trinajstić information content (AvgIpc) is 3.64. The van der Waals surface area contributed by atoms with Crippen LogP contribution in [0.1, 0.15) is 59.7 Å². The van der Waals surface area contributed by atoms with Gasteiger partial charge in [-0.3, -0.25) is 4.79 Å². The maximum absolute atomic E-state index is 13.4. The third-order valence-corrected chi connectivity index (χ3v) is 7.59. The van der Waals surface area contributed by atoms with Gasteiger partial charge in [-0.25, -0.2) is 4.98 Å². The first kappa shape index (κ1) is 24.2. The fourth-order valence-electron chi connectivity index (χ4n) is 5.11. The molecular weight excluding hydrogens is 474 g/mol. The number of rotatable bonds is 7.